The van der Waals surface area contributed by atoms with Gasteiger partial charge in [0.25, 0.3) is 5.91 Å². The third-order valence-electron chi connectivity index (χ3n) is 3.20. The fraction of sp³-hybridized carbons (Fsp3) is 0.235. The van der Waals surface area contributed by atoms with Crippen molar-refractivity contribution in [2.75, 3.05) is 0 Å². The second-order valence-corrected chi connectivity index (χ2v) is 7.64. The van der Waals surface area contributed by atoms with Crippen molar-refractivity contribution in [3.63, 3.8) is 0 Å². The summed E-state index contributed by atoms with van der Waals surface area (Å²) in [6, 6.07) is 6.29. The standard InChI is InChI=1S/C17H16FN3OS2/c1-9(2)19-16(22)13-8-23-17(21-13)15-14(20-10(3)24-15)11-4-6-12(18)7-5-11/h4-9H,1-3H3,(H,19,22). The van der Waals surface area contributed by atoms with Crippen LogP contribution in [-0.4, -0.2) is 21.9 Å². The molecule has 0 saturated heterocycles. The zero-order chi connectivity index (χ0) is 17.3. The SMILES string of the molecule is Cc1nc(-c2ccc(F)cc2)c(-c2nc(C(=O)NC(C)C)cs2)s1. The predicted molar refractivity (Wildman–Crippen MR) is 96.0 cm³/mol. The number of rotatable bonds is 4. The molecule has 0 bridgehead atoms. The maximum Gasteiger partial charge on any atom is 0.270 e. The van der Waals surface area contributed by atoms with E-state index in [1.165, 1.54) is 34.8 Å². The van der Waals surface area contributed by atoms with Crippen LogP contribution in [0.25, 0.3) is 21.1 Å². The van der Waals surface area contributed by atoms with Crippen molar-refractivity contribution in [2.24, 2.45) is 0 Å². The second kappa shape index (κ2) is 6.78. The molecular formula is C17H16FN3OS2. The molecule has 0 spiro atoms. The van der Waals surface area contributed by atoms with E-state index >= 15 is 0 Å². The highest BCUT2D eigenvalue weighted by Gasteiger charge is 2.18. The maximum absolute atomic E-state index is 13.2. The highest BCUT2D eigenvalue weighted by atomic mass is 32.1. The fourth-order valence-electron chi connectivity index (χ4n) is 2.19. The summed E-state index contributed by atoms with van der Waals surface area (Å²) in [7, 11) is 0. The van der Waals surface area contributed by atoms with E-state index < -0.39 is 0 Å². The molecule has 24 heavy (non-hydrogen) atoms. The molecule has 4 nitrogen and oxygen atoms in total. The zero-order valence-corrected chi connectivity index (χ0v) is 15.1. The first-order valence-corrected chi connectivity index (χ1v) is 9.14. The molecule has 0 unspecified atom stereocenters. The van der Waals surface area contributed by atoms with Crippen LogP contribution in [0.3, 0.4) is 0 Å². The van der Waals surface area contributed by atoms with Gasteiger partial charge in [-0.3, -0.25) is 4.79 Å². The molecule has 124 valence electrons. The van der Waals surface area contributed by atoms with Gasteiger partial charge in [-0.15, -0.1) is 22.7 Å². The molecule has 0 aliphatic rings. The maximum atomic E-state index is 13.2. The molecule has 1 N–H and O–H groups in total. The van der Waals surface area contributed by atoms with Gasteiger partial charge in [-0.1, -0.05) is 0 Å². The molecule has 1 amide bonds. The van der Waals surface area contributed by atoms with Crippen molar-refractivity contribution >= 4 is 28.6 Å². The molecule has 0 atom stereocenters. The van der Waals surface area contributed by atoms with Crippen LogP contribution in [0.5, 0.6) is 0 Å². The first-order chi connectivity index (χ1) is 11.4. The molecular weight excluding hydrogens is 345 g/mol. The van der Waals surface area contributed by atoms with Gasteiger partial charge in [-0.05, 0) is 45.0 Å². The Morgan fingerprint density at radius 1 is 1.21 bits per heavy atom. The Hall–Kier alpha value is -2.12. The van der Waals surface area contributed by atoms with Gasteiger partial charge in [0.1, 0.15) is 16.5 Å². The van der Waals surface area contributed by atoms with Crippen molar-refractivity contribution in [1.82, 2.24) is 15.3 Å². The number of carbonyl (C=O) groups excluding carboxylic acids is 1. The summed E-state index contributed by atoms with van der Waals surface area (Å²) in [6.07, 6.45) is 0. The molecule has 0 saturated carbocycles. The average molecular weight is 361 g/mol. The molecule has 0 radical (unpaired) electrons. The van der Waals surface area contributed by atoms with Gasteiger partial charge >= 0.3 is 0 Å². The number of nitrogens with one attached hydrogen (secondary N) is 1. The van der Waals surface area contributed by atoms with E-state index in [0.29, 0.717) is 5.69 Å². The number of amides is 1. The van der Waals surface area contributed by atoms with E-state index in [1.54, 1.807) is 17.5 Å². The van der Waals surface area contributed by atoms with E-state index in [1.807, 2.05) is 20.8 Å². The summed E-state index contributed by atoms with van der Waals surface area (Å²) < 4.78 is 13.2. The Labute approximate surface area is 147 Å². The number of nitrogens with zero attached hydrogens (tertiary/aromatic N) is 2. The lowest BCUT2D eigenvalue weighted by Gasteiger charge is -2.05. The molecule has 0 fully saturated rings. The smallest absolute Gasteiger partial charge is 0.270 e. The third-order valence-corrected chi connectivity index (χ3v) is 5.17. The first kappa shape index (κ1) is 16.7. The lowest BCUT2D eigenvalue weighted by atomic mass is 10.1. The Morgan fingerprint density at radius 2 is 1.92 bits per heavy atom. The van der Waals surface area contributed by atoms with E-state index in [4.69, 9.17) is 0 Å². The van der Waals surface area contributed by atoms with Crippen molar-refractivity contribution in [2.45, 2.75) is 26.8 Å². The minimum Gasteiger partial charge on any atom is -0.349 e. The van der Waals surface area contributed by atoms with Crippen molar-refractivity contribution in [1.29, 1.82) is 0 Å². The first-order valence-electron chi connectivity index (χ1n) is 7.44. The number of carbonyl (C=O) groups is 1. The number of halogens is 1. The monoisotopic (exact) mass is 361 g/mol. The number of thiazole rings is 2. The summed E-state index contributed by atoms with van der Waals surface area (Å²) >= 11 is 2.92. The van der Waals surface area contributed by atoms with Gasteiger partial charge in [0.2, 0.25) is 0 Å². The predicted octanol–water partition coefficient (Wildman–Crippen LogP) is 4.52. The van der Waals surface area contributed by atoms with Crippen LogP contribution >= 0.6 is 22.7 Å². The summed E-state index contributed by atoms with van der Waals surface area (Å²) in [5, 5.41) is 6.22. The van der Waals surface area contributed by atoms with Crippen LogP contribution in [0.4, 0.5) is 4.39 Å². The second-order valence-electron chi connectivity index (χ2n) is 5.58. The Bertz CT molecular complexity index is 868. The summed E-state index contributed by atoms with van der Waals surface area (Å²) in [5.74, 6) is -0.466. The molecule has 0 aliphatic heterocycles. The van der Waals surface area contributed by atoms with Crippen molar-refractivity contribution < 1.29 is 9.18 Å². The summed E-state index contributed by atoms with van der Waals surface area (Å²) in [6.45, 7) is 5.73. The van der Waals surface area contributed by atoms with E-state index in [-0.39, 0.29) is 17.8 Å². The zero-order valence-electron chi connectivity index (χ0n) is 13.5. The van der Waals surface area contributed by atoms with E-state index in [2.05, 4.69) is 15.3 Å². The van der Waals surface area contributed by atoms with E-state index in [9.17, 15) is 9.18 Å². The largest absolute Gasteiger partial charge is 0.349 e. The Kier molecular flexibility index (Phi) is 4.73. The number of hydrogen-bond acceptors (Lipinski definition) is 5. The van der Waals surface area contributed by atoms with E-state index in [0.717, 1.165) is 26.1 Å². The van der Waals surface area contributed by atoms with Gasteiger partial charge < -0.3 is 5.32 Å². The van der Waals surface area contributed by atoms with Gasteiger partial charge in [-0.2, -0.15) is 0 Å². The average Bonchev–Trinajstić information content (AvgIpc) is 3.14. The van der Waals surface area contributed by atoms with Crippen LogP contribution < -0.4 is 5.32 Å². The minimum atomic E-state index is -0.283. The van der Waals surface area contributed by atoms with Crippen LogP contribution in [-0.2, 0) is 0 Å². The summed E-state index contributed by atoms with van der Waals surface area (Å²) in [4.78, 5) is 22.0. The van der Waals surface area contributed by atoms with Gasteiger partial charge in [0.15, 0.2) is 0 Å². The third kappa shape index (κ3) is 3.52. The fourth-order valence-corrected chi connectivity index (χ4v) is 4.03. The van der Waals surface area contributed by atoms with Crippen LogP contribution in [0.15, 0.2) is 29.6 Å². The molecule has 7 heteroatoms. The number of aromatic nitrogens is 2. The number of benzene rings is 1. The van der Waals surface area contributed by atoms with Gasteiger partial charge in [0, 0.05) is 17.0 Å². The number of hydrogen-bond donors (Lipinski definition) is 1. The van der Waals surface area contributed by atoms with Gasteiger partial charge in [0.05, 0.1) is 15.6 Å². The highest BCUT2D eigenvalue weighted by Crippen LogP contribution is 2.38. The van der Waals surface area contributed by atoms with Crippen LogP contribution in [0.1, 0.15) is 29.3 Å². The number of aryl methyl sites for hydroxylation is 1. The van der Waals surface area contributed by atoms with Crippen molar-refractivity contribution in [3.8, 4) is 21.1 Å². The molecule has 3 aromatic rings. The van der Waals surface area contributed by atoms with Crippen molar-refractivity contribution in [3.05, 3.63) is 46.2 Å². The van der Waals surface area contributed by atoms with Crippen LogP contribution in [0, 0.1) is 12.7 Å². The minimum absolute atomic E-state index is 0.0584. The lowest BCUT2D eigenvalue weighted by Crippen LogP contribution is -2.30. The molecule has 3 rings (SSSR count). The van der Waals surface area contributed by atoms with Crippen LogP contribution in [0.2, 0.25) is 0 Å². The van der Waals surface area contributed by atoms with Gasteiger partial charge in [-0.25, -0.2) is 14.4 Å². The Balaban J connectivity index is 1.97. The quantitative estimate of drug-likeness (QED) is 0.743. The highest BCUT2D eigenvalue weighted by molar-refractivity contribution is 7.21. The molecule has 1 aromatic carbocycles. The topological polar surface area (TPSA) is 54.9 Å². The lowest BCUT2D eigenvalue weighted by molar-refractivity contribution is 0.0939. The molecule has 2 heterocycles. The normalized spacial score (nSPS) is 11.0. The molecule has 2 aromatic heterocycles. The molecule has 0 aliphatic carbocycles. The Morgan fingerprint density at radius 3 is 2.58 bits per heavy atom. The summed E-state index contributed by atoms with van der Waals surface area (Å²) in [5.41, 5.74) is 2.00.